The first-order valence-corrected chi connectivity index (χ1v) is 11.4. The number of hydrogen-bond donors (Lipinski definition) is 1. The van der Waals surface area contributed by atoms with Crippen molar-refractivity contribution < 1.29 is 14.3 Å². The Hall–Kier alpha value is -3.88. The second-order valence-corrected chi connectivity index (χ2v) is 8.33. The van der Waals surface area contributed by atoms with Gasteiger partial charge in [-0.15, -0.1) is 0 Å². The molecule has 0 unspecified atom stereocenters. The zero-order chi connectivity index (χ0) is 24.1. The average molecular weight is 465 g/mol. The lowest BCUT2D eigenvalue weighted by Gasteiger charge is -2.22. The van der Waals surface area contributed by atoms with Gasteiger partial charge in [-0.25, -0.2) is 4.79 Å². The molecule has 34 heavy (non-hydrogen) atoms. The maximum absolute atomic E-state index is 12.9. The van der Waals surface area contributed by atoms with Crippen molar-refractivity contribution in [2.24, 2.45) is 0 Å². The van der Waals surface area contributed by atoms with Crippen molar-refractivity contribution in [2.75, 3.05) is 33.3 Å². The van der Waals surface area contributed by atoms with Gasteiger partial charge in [0, 0.05) is 32.6 Å². The van der Waals surface area contributed by atoms with Gasteiger partial charge in [-0.1, -0.05) is 24.3 Å². The van der Waals surface area contributed by atoms with Crippen LogP contribution in [0.4, 0.5) is 0 Å². The van der Waals surface area contributed by atoms with Gasteiger partial charge in [0.15, 0.2) is 0 Å². The van der Waals surface area contributed by atoms with Crippen LogP contribution in [0.15, 0.2) is 58.1 Å². The molecule has 1 fully saturated rings. The summed E-state index contributed by atoms with van der Waals surface area (Å²) in [6.45, 7) is 1.51. The number of aromatic nitrogens is 2. The minimum Gasteiger partial charge on any atom is -0.497 e. The molecular formula is C25H28N4O5. The van der Waals surface area contributed by atoms with E-state index in [1.54, 1.807) is 41.2 Å². The second-order valence-electron chi connectivity index (χ2n) is 8.33. The van der Waals surface area contributed by atoms with E-state index in [0.29, 0.717) is 56.3 Å². The van der Waals surface area contributed by atoms with Gasteiger partial charge >= 0.3 is 5.69 Å². The topological polar surface area (TPSA) is 105 Å². The summed E-state index contributed by atoms with van der Waals surface area (Å²) < 4.78 is 6.10. The maximum atomic E-state index is 12.9. The highest BCUT2D eigenvalue weighted by atomic mass is 16.5. The number of aryl methyl sites for hydroxylation is 1. The molecule has 0 spiro atoms. The molecule has 2 aromatic carbocycles. The number of ether oxygens (including phenoxy) is 1. The molecule has 1 aromatic heterocycles. The van der Waals surface area contributed by atoms with Crippen molar-refractivity contribution in [3.05, 3.63) is 74.9 Å². The average Bonchev–Trinajstić information content (AvgIpc) is 3.12. The molecule has 2 amide bonds. The molecule has 0 aliphatic carbocycles. The van der Waals surface area contributed by atoms with Crippen LogP contribution in [-0.4, -0.2) is 64.5 Å². The van der Waals surface area contributed by atoms with Gasteiger partial charge in [0.05, 0.1) is 18.0 Å². The highest BCUT2D eigenvalue weighted by molar-refractivity contribution is 5.79. The van der Waals surface area contributed by atoms with E-state index in [9.17, 15) is 19.2 Å². The summed E-state index contributed by atoms with van der Waals surface area (Å²) in [6.07, 6.45) is 1.67. The number of para-hydroxylation sites is 1. The van der Waals surface area contributed by atoms with E-state index < -0.39 is 11.2 Å². The van der Waals surface area contributed by atoms with E-state index in [1.807, 2.05) is 24.3 Å². The number of carbonyl (C=O) groups excluding carboxylic acids is 2. The highest BCUT2D eigenvalue weighted by Crippen LogP contribution is 2.14. The first kappa shape index (κ1) is 23.3. The number of carbonyl (C=O) groups is 2. The maximum Gasteiger partial charge on any atom is 0.329 e. The van der Waals surface area contributed by atoms with Crippen LogP contribution in [0, 0.1) is 0 Å². The quantitative estimate of drug-likeness (QED) is 0.594. The molecule has 0 saturated carbocycles. The molecule has 178 valence electrons. The van der Waals surface area contributed by atoms with Crippen LogP contribution in [0.1, 0.15) is 18.4 Å². The minimum atomic E-state index is -0.609. The predicted molar refractivity (Wildman–Crippen MR) is 128 cm³/mol. The number of methoxy groups -OCH3 is 1. The fourth-order valence-electron chi connectivity index (χ4n) is 4.20. The summed E-state index contributed by atoms with van der Waals surface area (Å²) >= 11 is 0. The minimum absolute atomic E-state index is 0.0484. The fraction of sp³-hybridized carbons (Fsp3) is 0.360. The SMILES string of the molecule is COc1ccc(CCC(=O)N2CCCN(C(=O)Cn3c(=O)[nH]c4ccccc4c3=O)CC2)cc1. The predicted octanol–water partition coefficient (Wildman–Crippen LogP) is 1.39. The first-order chi connectivity index (χ1) is 16.5. The molecule has 9 nitrogen and oxygen atoms in total. The standard InChI is InChI=1S/C25H28N4O5/c1-34-19-10-7-18(8-11-19)9-12-22(30)27-13-4-14-28(16-15-27)23(31)17-29-24(32)20-5-2-3-6-21(20)26-25(29)33/h2-3,5-8,10-11H,4,9,12-17H2,1H3,(H,26,33). The summed E-state index contributed by atoms with van der Waals surface area (Å²) in [5, 5.41) is 0.361. The Labute approximate surface area is 196 Å². The van der Waals surface area contributed by atoms with E-state index >= 15 is 0 Å². The zero-order valence-electron chi connectivity index (χ0n) is 19.2. The third-order valence-electron chi connectivity index (χ3n) is 6.17. The highest BCUT2D eigenvalue weighted by Gasteiger charge is 2.23. The number of hydrogen-bond acceptors (Lipinski definition) is 5. The Kier molecular flexibility index (Phi) is 7.10. The van der Waals surface area contributed by atoms with E-state index in [2.05, 4.69) is 4.98 Å². The van der Waals surface area contributed by atoms with Crippen molar-refractivity contribution in [3.8, 4) is 5.75 Å². The molecule has 3 aromatic rings. The lowest BCUT2D eigenvalue weighted by atomic mass is 10.1. The first-order valence-electron chi connectivity index (χ1n) is 11.4. The van der Waals surface area contributed by atoms with Crippen LogP contribution in [0.3, 0.4) is 0 Å². The number of rotatable bonds is 6. The number of benzene rings is 2. The van der Waals surface area contributed by atoms with Gasteiger partial charge < -0.3 is 19.5 Å². The van der Waals surface area contributed by atoms with E-state index in [4.69, 9.17) is 4.74 Å². The van der Waals surface area contributed by atoms with Gasteiger partial charge in [-0.3, -0.25) is 19.0 Å². The normalized spacial score (nSPS) is 14.1. The Morgan fingerprint density at radius 3 is 2.29 bits per heavy atom. The summed E-state index contributed by atoms with van der Waals surface area (Å²) in [7, 11) is 1.62. The number of nitrogens with one attached hydrogen (secondary N) is 1. The number of aromatic amines is 1. The lowest BCUT2D eigenvalue weighted by molar-refractivity contribution is -0.134. The monoisotopic (exact) mass is 464 g/mol. The molecule has 0 atom stereocenters. The van der Waals surface area contributed by atoms with Gasteiger partial charge in [0.1, 0.15) is 12.3 Å². The van der Waals surface area contributed by atoms with Crippen molar-refractivity contribution in [3.63, 3.8) is 0 Å². The summed E-state index contributed by atoms with van der Waals surface area (Å²) in [5.74, 6) is 0.517. The molecule has 1 aliphatic rings. The summed E-state index contributed by atoms with van der Waals surface area (Å²) in [6, 6.07) is 14.4. The van der Waals surface area contributed by atoms with Gasteiger partial charge in [-0.05, 0) is 42.7 Å². The summed E-state index contributed by atoms with van der Waals surface area (Å²) in [4.78, 5) is 56.8. The molecule has 0 radical (unpaired) electrons. The van der Waals surface area contributed by atoms with Crippen LogP contribution in [-0.2, 0) is 22.6 Å². The Bertz CT molecular complexity index is 1300. The lowest BCUT2D eigenvalue weighted by Crippen LogP contribution is -2.43. The second kappa shape index (κ2) is 10.4. The number of nitrogens with zero attached hydrogens (tertiary/aromatic N) is 3. The molecule has 4 rings (SSSR count). The number of amides is 2. The molecule has 9 heteroatoms. The zero-order valence-corrected chi connectivity index (χ0v) is 19.2. The van der Waals surface area contributed by atoms with Crippen LogP contribution in [0.25, 0.3) is 10.9 Å². The molecular weight excluding hydrogens is 436 g/mol. The fourth-order valence-corrected chi connectivity index (χ4v) is 4.20. The molecule has 0 bridgehead atoms. The van der Waals surface area contributed by atoms with Gasteiger partial charge in [-0.2, -0.15) is 0 Å². The summed E-state index contributed by atoms with van der Waals surface area (Å²) in [5.41, 5.74) is 0.409. The van der Waals surface area contributed by atoms with Crippen molar-refractivity contribution in [1.82, 2.24) is 19.4 Å². The van der Waals surface area contributed by atoms with Crippen LogP contribution in [0.5, 0.6) is 5.75 Å². The third kappa shape index (κ3) is 5.19. The van der Waals surface area contributed by atoms with Gasteiger partial charge in [0.2, 0.25) is 11.8 Å². The molecule has 1 aliphatic heterocycles. The smallest absolute Gasteiger partial charge is 0.329 e. The largest absolute Gasteiger partial charge is 0.497 e. The van der Waals surface area contributed by atoms with Crippen molar-refractivity contribution >= 4 is 22.7 Å². The Morgan fingerprint density at radius 1 is 0.912 bits per heavy atom. The third-order valence-corrected chi connectivity index (χ3v) is 6.17. The molecule has 2 heterocycles. The van der Waals surface area contributed by atoms with Crippen molar-refractivity contribution in [2.45, 2.75) is 25.8 Å². The van der Waals surface area contributed by atoms with Crippen LogP contribution < -0.4 is 16.0 Å². The Morgan fingerprint density at radius 2 is 1.59 bits per heavy atom. The van der Waals surface area contributed by atoms with E-state index in [-0.39, 0.29) is 18.4 Å². The number of H-pyrrole nitrogens is 1. The van der Waals surface area contributed by atoms with Crippen LogP contribution >= 0.6 is 0 Å². The van der Waals surface area contributed by atoms with Gasteiger partial charge in [0.25, 0.3) is 5.56 Å². The molecule has 1 N–H and O–H groups in total. The van der Waals surface area contributed by atoms with E-state index in [0.717, 1.165) is 15.9 Å². The number of fused-ring (bicyclic) bond motifs is 1. The van der Waals surface area contributed by atoms with Crippen LogP contribution in [0.2, 0.25) is 0 Å². The molecule has 1 saturated heterocycles. The van der Waals surface area contributed by atoms with Crippen molar-refractivity contribution in [1.29, 1.82) is 0 Å². The Balaban J connectivity index is 1.35. The van der Waals surface area contributed by atoms with E-state index in [1.165, 1.54) is 0 Å².